The molecule has 4 atom stereocenters. The second-order valence-electron chi connectivity index (χ2n) is 10.2. The minimum Gasteiger partial charge on any atom is -0.456 e. The van der Waals surface area contributed by atoms with Gasteiger partial charge in [0.2, 0.25) is 0 Å². The van der Waals surface area contributed by atoms with Crippen LogP contribution in [0.15, 0.2) is 18.2 Å². The highest BCUT2D eigenvalue weighted by molar-refractivity contribution is 6.74. The van der Waals surface area contributed by atoms with Crippen molar-refractivity contribution >= 4 is 32.2 Å². The number of benzene rings is 1. The van der Waals surface area contributed by atoms with Gasteiger partial charge in [-0.15, -0.1) is 0 Å². The van der Waals surface area contributed by atoms with Crippen LogP contribution in [0.4, 0.5) is 0 Å². The van der Waals surface area contributed by atoms with Crippen molar-refractivity contribution in [3.63, 3.8) is 0 Å². The maximum absolute atomic E-state index is 12.0. The first-order chi connectivity index (χ1) is 16.5. The molecule has 1 aliphatic rings. The lowest BCUT2D eigenvalue weighted by Gasteiger charge is -2.37. The Bertz CT molecular complexity index is 997. The summed E-state index contributed by atoms with van der Waals surface area (Å²) in [4.78, 5) is 47.2. The van der Waals surface area contributed by atoms with E-state index < -0.39 is 56.6 Å². The largest absolute Gasteiger partial charge is 0.456 e. The molecule has 1 aromatic carbocycles. The van der Waals surface area contributed by atoms with E-state index in [1.54, 1.807) is 6.07 Å². The summed E-state index contributed by atoms with van der Waals surface area (Å²) in [6.07, 6.45) is -3.75. The van der Waals surface area contributed by atoms with Gasteiger partial charge in [0.15, 0.2) is 20.5 Å². The molecule has 0 amide bonds. The highest BCUT2D eigenvalue weighted by Crippen LogP contribution is 2.43. The van der Waals surface area contributed by atoms with E-state index in [0.29, 0.717) is 5.56 Å². The van der Waals surface area contributed by atoms with Crippen LogP contribution in [0.5, 0.6) is 11.5 Å². The maximum Gasteiger partial charge on any atom is 0.308 e. The first kappa shape index (κ1) is 29.5. The van der Waals surface area contributed by atoms with Crippen LogP contribution in [0.3, 0.4) is 0 Å². The fourth-order valence-corrected chi connectivity index (χ4v) is 4.51. The van der Waals surface area contributed by atoms with Crippen LogP contribution in [0.1, 0.15) is 60.1 Å². The number of carbonyl (C=O) groups is 4. The van der Waals surface area contributed by atoms with Gasteiger partial charge in [-0.1, -0.05) is 20.8 Å². The van der Waals surface area contributed by atoms with E-state index in [9.17, 15) is 19.2 Å². The number of hydrogen-bond acceptors (Lipinski definition) is 10. The molecule has 1 fully saturated rings. The molecule has 1 saturated heterocycles. The molecule has 0 unspecified atom stereocenters. The van der Waals surface area contributed by atoms with Crippen LogP contribution in [0.2, 0.25) is 18.1 Å². The summed E-state index contributed by atoms with van der Waals surface area (Å²) in [7, 11) is -2.20. The van der Waals surface area contributed by atoms with Crippen molar-refractivity contribution in [3.05, 3.63) is 23.8 Å². The molecule has 0 radical (unpaired) electrons. The highest BCUT2D eigenvalue weighted by Gasteiger charge is 2.51. The zero-order chi connectivity index (χ0) is 27.4. The summed E-state index contributed by atoms with van der Waals surface area (Å²) in [5, 5.41) is -0.0771. The number of carbonyl (C=O) groups excluding carboxylic acids is 4. The van der Waals surface area contributed by atoms with Crippen LogP contribution < -0.4 is 9.47 Å². The van der Waals surface area contributed by atoms with Crippen molar-refractivity contribution in [3.8, 4) is 11.5 Å². The fraction of sp³-hybridized carbons (Fsp3) is 0.600. The normalized spacial score (nSPS) is 22.0. The highest BCUT2D eigenvalue weighted by atomic mass is 28.4. The molecule has 1 aromatic rings. The topological polar surface area (TPSA) is 124 Å². The Morgan fingerprint density at radius 1 is 0.861 bits per heavy atom. The number of esters is 4. The average Bonchev–Trinajstić information content (AvgIpc) is 3.01. The van der Waals surface area contributed by atoms with Crippen molar-refractivity contribution in [1.82, 2.24) is 0 Å². The van der Waals surface area contributed by atoms with Crippen LogP contribution in [-0.4, -0.2) is 57.1 Å². The summed E-state index contributed by atoms with van der Waals surface area (Å²) in [6.45, 7) is 15.5. The molecule has 36 heavy (non-hydrogen) atoms. The standard InChI is InChI=1S/C25H36O10Si/c1-14(26)31-18-10-11-19(20(12-18)32-15(2)27)22-24(34-17(4)29)23(33-16(3)28)21(35-22)13-30-36(8,9)25(5,6)7/h10-12,21-24H,13H2,1-9H3/t21-,22+,23-,24+/m1/s1. The average molecular weight is 525 g/mol. The Morgan fingerprint density at radius 3 is 1.92 bits per heavy atom. The van der Waals surface area contributed by atoms with Crippen LogP contribution in [0.25, 0.3) is 0 Å². The molecule has 0 aliphatic carbocycles. The lowest BCUT2D eigenvalue weighted by molar-refractivity contribution is -0.164. The quantitative estimate of drug-likeness (QED) is 0.281. The third-order valence-corrected chi connectivity index (χ3v) is 10.6. The summed E-state index contributed by atoms with van der Waals surface area (Å²) >= 11 is 0. The van der Waals surface area contributed by atoms with Crippen molar-refractivity contribution < 1.29 is 47.3 Å². The van der Waals surface area contributed by atoms with Gasteiger partial charge in [-0.3, -0.25) is 19.2 Å². The first-order valence-electron chi connectivity index (χ1n) is 11.7. The van der Waals surface area contributed by atoms with Gasteiger partial charge in [-0.25, -0.2) is 0 Å². The van der Waals surface area contributed by atoms with E-state index in [0.717, 1.165) is 0 Å². The summed E-state index contributed by atoms with van der Waals surface area (Å²) in [5.41, 5.74) is 0.347. The zero-order valence-electron chi connectivity index (χ0n) is 22.3. The number of rotatable bonds is 8. The molecule has 1 heterocycles. The Balaban J connectivity index is 2.52. The van der Waals surface area contributed by atoms with Gasteiger partial charge in [0, 0.05) is 39.3 Å². The van der Waals surface area contributed by atoms with Crippen LogP contribution in [-0.2, 0) is 37.8 Å². The van der Waals surface area contributed by atoms with Gasteiger partial charge < -0.3 is 28.1 Å². The van der Waals surface area contributed by atoms with Crippen molar-refractivity contribution in [1.29, 1.82) is 0 Å². The number of hydrogen-bond donors (Lipinski definition) is 0. The predicted octanol–water partition coefficient (Wildman–Crippen LogP) is 3.86. The van der Waals surface area contributed by atoms with Crippen molar-refractivity contribution in [2.75, 3.05) is 6.61 Å². The fourth-order valence-electron chi connectivity index (χ4n) is 3.50. The lowest BCUT2D eigenvalue weighted by atomic mass is 10.00. The van der Waals surface area contributed by atoms with E-state index in [4.69, 9.17) is 28.1 Å². The minimum absolute atomic E-state index is 0.0518. The second kappa shape index (κ2) is 11.5. The monoisotopic (exact) mass is 524 g/mol. The van der Waals surface area contributed by atoms with Gasteiger partial charge >= 0.3 is 23.9 Å². The molecule has 200 valence electrons. The van der Waals surface area contributed by atoms with Gasteiger partial charge in [0.25, 0.3) is 0 Å². The lowest BCUT2D eigenvalue weighted by Crippen LogP contribution is -2.45. The molecule has 0 N–H and O–H groups in total. The molecule has 0 bridgehead atoms. The molecule has 0 saturated carbocycles. The molecular weight excluding hydrogens is 488 g/mol. The molecule has 10 nitrogen and oxygen atoms in total. The molecule has 1 aliphatic heterocycles. The molecule has 2 rings (SSSR count). The predicted molar refractivity (Wildman–Crippen MR) is 131 cm³/mol. The number of ether oxygens (including phenoxy) is 5. The first-order valence-corrected chi connectivity index (χ1v) is 14.6. The van der Waals surface area contributed by atoms with E-state index in [-0.39, 0.29) is 23.1 Å². The van der Waals surface area contributed by atoms with E-state index >= 15 is 0 Å². The van der Waals surface area contributed by atoms with Gasteiger partial charge in [0.05, 0.1) is 6.61 Å². The summed E-state index contributed by atoms with van der Waals surface area (Å²) < 4.78 is 34.2. The van der Waals surface area contributed by atoms with Crippen molar-refractivity contribution in [2.24, 2.45) is 0 Å². The second-order valence-corrected chi connectivity index (χ2v) is 15.0. The SMILES string of the molecule is CC(=O)Oc1ccc([C@@H]2O[C@H](CO[Si](C)(C)C(C)(C)C)[C@@H](OC(C)=O)[C@H]2OC(C)=O)c(OC(C)=O)c1. The third-order valence-electron chi connectivity index (χ3n) is 6.14. The van der Waals surface area contributed by atoms with E-state index in [2.05, 4.69) is 33.9 Å². The molecule has 0 aromatic heterocycles. The van der Waals surface area contributed by atoms with Gasteiger partial charge in [-0.2, -0.15) is 0 Å². The van der Waals surface area contributed by atoms with Crippen molar-refractivity contribution in [2.45, 2.75) is 91.0 Å². The summed E-state index contributed by atoms with van der Waals surface area (Å²) in [5.74, 6) is -2.15. The minimum atomic E-state index is -2.20. The zero-order valence-corrected chi connectivity index (χ0v) is 23.3. The Hall–Kier alpha value is -2.76. The van der Waals surface area contributed by atoms with Gasteiger partial charge in [0.1, 0.15) is 23.7 Å². The Labute approximate surface area is 212 Å². The van der Waals surface area contributed by atoms with E-state index in [1.807, 2.05) is 0 Å². The van der Waals surface area contributed by atoms with Crippen LogP contribution >= 0.6 is 0 Å². The molecule has 11 heteroatoms. The maximum atomic E-state index is 12.0. The van der Waals surface area contributed by atoms with Crippen LogP contribution in [0, 0.1) is 0 Å². The summed E-state index contributed by atoms with van der Waals surface area (Å²) in [6, 6.07) is 4.41. The Morgan fingerprint density at radius 2 is 1.42 bits per heavy atom. The smallest absolute Gasteiger partial charge is 0.308 e. The van der Waals surface area contributed by atoms with E-state index in [1.165, 1.54) is 39.8 Å². The van der Waals surface area contributed by atoms with Gasteiger partial charge in [-0.05, 0) is 30.3 Å². The third kappa shape index (κ3) is 7.62. The Kier molecular flexibility index (Phi) is 9.44. The molecular formula is C25H36O10Si. The molecule has 0 spiro atoms.